The van der Waals surface area contributed by atoms with E-state index in [1.54, 1.807) is 6.92 Å². The lowest BCUT2D eigenvalue weighted by Crippen LogP contribution is -1.95. The van der Waals surface area contributed by atoms with Gasteiger partial charge in [-0.05, 0) is 22.9 Å². The van der Waals surface area contributed by atoms with Crippen LogP contribution in [0, 0.1) is 0 Å². The third kappa shape index (κ3) is 2.51. The van der Waals surface area contributed by atoms with E-state index in [0.717, 1.165) is 6.20 Å². The summed E-state index contributed by atoms with van der Waals surface area (Å²) >= 11 is 2.90. The molecule has 0 spiro atoms. The predicted molar refractivity (Wildman–Crippen MR) is 39.2 cm³/mol. The van der Waals surface area contributed by atoms with E-state index in [1.165, 1.54) is 0 Å². The van der Waals surface area contributed by atoms with E-state index in [-0.39, 0.29) is 4.48 Å². The minimum Gasteiger partial charge on any atom is -0.402 e. The van der Waals surface area contributed by atoms with Gasteiger partial charge in [-0.25, -0.2) is 4.39 Å². The fraction of sp³-hybridized carbons (Fsp3) is 0.200. The summed E-state index contributed by atoms with van der Waals surface area (Å²) in [6.07, 6.45) is 0.848. The highest BCUT2D eigenvalue weighted by Crippen LogP contribution is 2.18. The monoisotopic (exact) mass is 194 g/mol. The lowest BCUT2D eigenvalue weighted by Gasteiger charge is -1.95. The van der Waals surface area contributed by atoms with Gasteiger partial charge in [0, 0.05) is 11.9 Å². The van der Waals surface area contributed by atoms with Gasteiger partial charge < -0.3 is 11.5 Å². The highest BCUT2D eigenvalue weighted by atomic mass is 79.9. The van der Waals surface area contributed by atoms with E-state index in [9.17, 15) is 4.39 Å². The van der Waals surface area contributed by atoms with Crippen LogP contribution in [0.1, 0.15) is 6.92 Å². The maximum atomic E-state index is 12.3. The molecule has 0 bridgehead atoms. The highest BCUT2D eigenvalue weighted by Gasteiger charge is 1.99. The highest BCUT2D eigenvalue weighted by molar-refractivity contribution is 9.12. The van der Waals surface area contributed by atoms with Crippen LogP contribution in [0.4, 0.5) is 4.39 Å². The molecule has 9 heavy (non-hydrogen) atoms. The van der Waals surface area contributed by atoms with E-state index in [1.807, 2.05) is 0 Å². The van der Waals surface area contributed by atoms with Crippen molar-refractivity contribution in [1.29, 1.82) is 0 Å². The summed E-state index contributed by atoms with van der Waals surface area (Å²) in [4.78, 5) is 0. The summed E-state index contributed by atoms with van der Waals surface area (Å²) in [5.41, 5.74) is 10.4. The number of nitrogens with two attached hydrogens (primary N) is 2. The van der Waals surface area contributed by atoms with Crippen molar-refractivity contribution >= 4 is 15.9 Å². The molecular weight excluding hydrogens is 187 g/mol. The van der Waals surface area contributed by atoms with Crippen molar-refractivity contribution in [3.05, 3.63) is 22.2 Å². The van der Waals surface area contributed by atoms with Gasteiger partial charge in [-0.15, -0.1) is 0 Å². The van der Waals surface area contributed by atoms with Crippen LogP contribution in [-0.2, 0) is 0 Å². The van der Waals surface area contributed by atoms with Gasteiger partial charge in [0.25, 0.3) is 0 Å². The Morgan fingerprint density at radius 3 is 2.22 bits per heavy atom. The molecule has 0 rings (SSSR count). The van der Waals surface area contributed by atoms with Crippen LogP contribution in [0.2, 0.25) is 0 Å². The Morgan fingerprint density at radius 1 is 1.67 bits per heavy atom. The first-order valence-electron chi connectivity index (χ1n) is 2.29. The Balaban J connectivity index is 4.40. The molecule has 0 radical (unpaired) electrons. The second-order valence-corrected chi connectivity index (χ2v) is 2.30. The van der Waals surface area contributed by atoms with E-state index >= 15 is 0 Å². The Hall–Kier alpha value is -0.510. The first-order valence-corrected chi connectivity index (χ1v) is 3.08. The Bertz CT molecular complexity index is 158. The van der Waals surface area contributed by atoms with Gasteiger partial charge >= 0.3 is 0 Å². The van der Waals surface area contributed by atoms with Crippen LogP contribution in [0.15, 0.2) is 22.2 Å². The molecule has 0 aromatic rings. The third-order valence-corrected chi connectivity index (χ3v) is 1.71. The van der Waals surface area contributed by atoms with Crippen LogP contribution >= 0.6 is 15.9 Å². The van der Waals surface area contributed by atoms with Gasteiger partial charge in [-0.3, -0.25) is 0 Å². The van der Waals surface area contributed by atoms with E-state index in [2.05, 4.69) is 15.9 Å². The average molecular weight is 195 g/mol. The fourth-order valence-electron chi connectivity index (χ4n) is 0.262. The summed E-state index contributed by atoms with van der Waals surface area (Å²) in [5.74, 6) is -0.546. The Kier molecular flexibility index (Phi) is 3.30. The molecule has 0 aromatic carbocycles. The smallest absolute Gasteiger partial charge is 0.154 e. The lowest BCUT2D eigenvalue weighted by molar-refractivity contribution is 0.658. The van der Waals surface area contributed by atoms with Gasteiger partial charge in [0.1, 0.15) is 0 Å². The summed E-state index contributed by atoms with van der Waals surface area (Å²) in [7, 11) is 0. The first kappa shape index (κ1) is 8.49. The summed E-state index contributed by atoms with van der Waals surface area (Å²) in [5, 5.41) is 0. The zero-order chi connectivity index (χ0) is 7.44. The number of rotatable bonds is 1. The van der Waals surface area contributed by atoms with Gasteiger partial charge in [0.15, 0.2) is 5.83 Å². The van der Waals surface area contributed by atoms with Crippen LogP contribution in [0.3, 0.4) is 0 Å². The quantitative estimate of drug-likeness (QED) is 0.620. The summed E-state index contributed by atoms with van der Waals surface area (Å²) in [6.45, 7) is 1.58. The van der Waals surface area contributed by atoms with Gasteiger partial charge in [0.05, 0.1) is 4.48 Å². The molecule has 52 valence electrons. The van der Waals surface area contributed by atoms with Gasteiger partial charge in [-0.2, -0.15) is 0 Å². The van der Waals surface area contributed by atoms with Gasteiger partial charge in [0.2, 0.25) is 0 Å². The first-order chi connectivity index (χ1) is 4.09. The molecule has 0 amide bonds. The maximum Gasteiger partial charge on any atom is 0.154 e. The third-order valence-electron chi connectivity index (χ3n) is 0.702. The number of hydrogen-bond acceptors (Lipinski definition) is 2. The van der Waals surface area contributed by atoms with E-state index in [4.69, 9.17) is 11.5 Å². The second kappa shape index (κ2) is 3.50. The Labute approximate surface area is 61.5 Å². The molecule has 0 aromatic heterocycles. The summed E-state index contributed by atoms with van der Waals surface area (Å²) in [6, 6.07) is 0. The lowest BCUT2D eigenvalue weighted by atomic mass is 10.4. The van der Waals surface area contributed by atoms with Crippen molar-refractivity contribution in [2.24, 2.45) is 11.5 Å². The SMILES string of the molecule is C/C(N)=C(Br)/C(F)=C\N. The van der Waals surface area contributed by atoms with Gasteiger partial charge in [-0.1, -0.05) is 0 Å². The van der Waals surface area contributed by atoms with Crippen molar-refractivity contribution in [1.82, 2.24) is 0 Å². The molecule has 0 fully saturated rings. The molecule has 0 heterocycles. The molecule has 0 unspecified atom stereocenters. The molecule has 0 aliphatic carbocycles. The maximum absolute atomic E-state index is 12.3. The Morgan fingerprint density at radius 2 is 2.11 bits per heavy atom. The zero-order valence-corrected chi connectivity index (χ0v) is 6.57. The topological polar surface area (TPSA) is 52.0 Å². The van der Waals surface area contributed by atoms with E-state index in [0.29, 0.717) is 5.70 Å². The zero-order valence-electron chi connectivity index (χ0n) is 4.99. The molecule has 0 saturated heterocycles. The number of allylic oxidation sites excluding steroid dienone is 3. The van der Waals surface area contributed by atoms with Crippen LogP contribution in [-0.4, -0.2) is 0 Å². The largest absolute Gasteiger partial charge is 0.402 e. The van der Waals surface area contributed by atoms with Crippen molar-refractivity contribution in [2.45, 2.75) is 6.92 Å². The van der Waals surface area contributed by atoms with Crippen molar-refractivity contribution < 1.29 is 4.39 Å². The minimum absolute atomic E-state index is 0.213. The average Bonchev–Trinajstić information content (AvgIpc) is 1.84. The molecule has 0 atom stereocenters. The normalized spacial score (nSPS) is 15.2. The molecule has 0 saturated carbocycles. The molecule has 2 nitrogen and oxygen atoms in total. The van der Waals surface area contributed by atoms with Crippen molar-refractivity contribution in [3.8, 4) is 0 Å². The molecular formula is C5H8BrFN2. The minimum atomic E-state index is -0.546. The van der Waals surface area contributed by atoms with Crippen molar-refractivity contribution in [2.75, 3.05) is 0 Å². The number of hydrogen-bond donors (Lipinski definition) is 2. The fourth-order valence-corrected chi connectivity index (χ4v) is 0.394. The molecule has 0 aliphatic rings. The molecule has 4 heteroatoms. The van der Waals surface area contributed by atoms with Crippen LogP contribution in [0.5, 0.6) is 0 Å². The molecule has 0 aliphatic heterocycles. The number of halogens is 2. The standard InChI is InChI=1S/C5H8BrFN2/c1-3(9)5(6)4(7)2-8/h2H,8-9H2,1H3/b4-2+,5-3+. The second-order valence-electron chi connectivity index (χ2n) is 1.51. The molecule has 4 N–H and O–H groups in total. The van der Waals surface area contributed by atoms with E-state index < -0.39 is 5.83 Å². The van der Waals surface area contributed by atoms with Crippen molar-refractivity contribution in [3.63, 3.8) is 0 Å². The van der Waals surface area contributed by atoms with Crippen LogP contribution in [0.25, 0.3) is 0 Å². The predicted octanol–water partition coefficient (Wildman–Crippen LogP) is 1.34. The van der Waals surface area contributed by atoms with Crippen LogP contribution < -0.4 is 11.5 Å². The summed E-state index contributed by atoms with van der Waals surface area (Å²) < 4.78 is 12.5.